The van der Waals surface area contributed by atoms with Crippen molar-refractivity contribution in [2.45, 2.75) is 74.8 Å². The Morgan fingerprint density at radius 1 is 1.16 bits per heavy atom. The third-order valence-corrected chi connectivity index (χ3v) is 7.80. The summed E-state index contributed by atoms with van der Waals surface area (Å²) in [7, 11) is -3.65. The molecule has 2 aliphatic rings. The molecule has 2 saturated carbocycles. The Morgan fingerprint density at radius 2 is 1.97 bits per heavy atom. The van der Waals surface area contributed by atoms with Gasteiger partial charge < -0.3 is 9.09 Å². The highest BCUT2D eigenvalue weighted by Gasteiger charge is 2.31. The van der Waals surface area contributed by atoms with Crippen molar-refractivity contribution in [1.82, 2.24) is 29.6 Å². The lowest BCUT2D eigenvalue weighted by atomic mass is 9.91. The predicted octanol–water partition coefficient (Wildman–Crippen LogP) is 3.23. The molecule has 31 heavy (non-hydrogen) atoms. The number of aromatic nitrogens is 5. The summed E-state index contributed by atoms with van der Waals surface area (Å²) in [6.07, 6.45) is 9.66. The maximum atomic E-state index is 13.2. The van der Waals surface area contributed by atoms with E-state index >= 15 is 0 Å². The molecule has 5 rings (SSSR count). The van der Waals surface area contributed by atoms with Gasteiger partial charge in [0.05, 0.1) is 4.90 Å². The van der Waals surface area contributed by atoms with Crippen LogP contribution < -0.4 is 4.72 Å². The smallest absolute Gasteiger partial charge is 0.241 e. The molecule has 10 heteroatoms. The number of rotatable bonds is 7. The number of nitrogens with one attached hydrogen (secondary N) is 1. The minimum absolute atomic E-state index is 0.117. The summed E-state index contributed by atoms with van der Waals surface area (Å²) in [5, 5.41) is 11.8. The van der Waals surface area contributed by atoms with Crippen LogP contribution in [-0.2, 0) is 16.4 Å². The van der Waals surface area contributed by atoms with Gasteiger partial charge in [0.1, 0.15) is 12.7 Å². The number of hydrogen-bond acceptors (Lipinski definition) is 7. The molecule has 2 heterocycles. The first-order valence-corrected chi connectivity index (χ1v) is 12.3. The Bertz CT molecular complexity index is 1150. The van der Waals surface area contributed by atoms with Crippen LogP contribution in [0.4, 0.5) is 0 Å². The van der Waals surface area contributed by atoms with Crippen LogP contribution in [0.3, 0.4) is 0 Å². The summed E-state index contributed by atoms with van der Waals surface area (Å²) in [4.78, 5) is 4.80. The first kappa shape index (κ1) is 20.3. The van der Waals surface area contributed by atoms with Crippen LogP contribution in [0.2, 0.25) is 0 Å². The number of nitrogens with zero attached hydrogens (tertiary/aromatic N) is 5. The Balaban J connectivity index is 1.35. The molecule has 0 bridgehead atoms. The maximum absolute atomic E-state index is 13.2. The fourth-order valence-corrected chi connectivity index (χ4v) is 5.90. The van der Waals surface area contributed by atoms with Crippen molar-refractivity contribution in [3.63, 3.8) is 0 Å². The second kappa shape index (κ2) is 8.16. The molecule has 1 N–H and O–H groups in total. The molecule has 164 valence electrons. The lowest BCUT2D eigenvalue weighted by molar-refractivity contribution is 0.305. The first-order chi connectivity index (χ1) is 15.0. The van der Waals surface area contributed by atoms with E-state index in [4.69, 9.17) is 4.52 Å². The standard InChI is InChI=1S/C21H26N6O3S/c1-2-14-10-16(20-24-21(30-25-20)15-6-7-15)8-9-19(14)31(28,29)26-17-4-3-5-18(11-17)27-12-22-23-13-27/h8-10,12-13,15,17-18,26H,2-7,11H2,1H3. The number of aryl methyl sites for hydroxylation is 1. The minimum atomic E-state index is -3.65. The van der Waals surface area contributed by atoms with Gasteiger partial charge in [-0.15, -0.1) is 10.2 Å². The highest BCUT2D eigenvalue weighted by Crippen LogP contribution is 2.39. The van der Waals surface area contributed by atoms with Crippen LogP contribution in [0, 0.1) is 0 Å². The van der Waals surface area contributed by atoms with Gasteiger partial charge in [0.2, 0.25) is 21.7 Å². The highest BCUT2D eigenvalue weighted by atomic mass is 32.2. The zero-order chi connectivity index (χ0) is 21.4. The molecule has 1 aromatic carbocycles. The Morgan fingerprint density at radius 3 is 2.71 bits per heavy atom. The summed E-state index contributed by atoms with van der Waals surface area (Å²) in [6.45, 7) is 1.95. The van der Waals surface area contributed by atoms with E-state index in [1.165, 1.54) is 0 Å². The quantitative estimate of drug-likeness (QED) is 0.597. The van der Waals surface area contributed by atoms with Crippen LogP contribution in [0.1, 0.15) is 68.9 Å². The van der Waals surface area contributed by atoms with Crippen molar-refractivity contribution < 1.29 is 12.9 Å². The van der Waals surface area contributed by atoms with Crippen molar-refractivity contribution >= 4 is 10.0 Å². The fraction of sp³-hybridized carbons (Fsp3) is 0.524. The zero-order valence-electron chi connectivity index (χ0n) is 17.4. The number of benzene rings is 1. The van der Waals surface area contributed by atoms with E-state index in [1.807, 2.05) is 17.6 Å². The monoisotopic (exact) mass is 442 g/mol. The van der Waals surface area contributed by atoms with Crippen molar-refractivity contribution in [1.29, 1.82) is 0 Å². The summed E-state index contributed by atoms with van der Waals surface area (Å²) < 4.78 is 36.7. The molecular formula is C21H26N6O3S. The minimum Gasteiger partial charge on any atom is -0.339 e. The molecule has 2 aromatic heterocycles. The van der Waals surface area contributed by atoms with E-state index < -0.39 is 10.0 Å². The Hall–Kier alpha value is -2.59. The van der Waals surface area contributed by atoms with Crippen molar-refractivity contribution in [3.05, 3.63) is 42.3 Å². The van der Waals surface area contributed by atoms with E-state index in [1.54, 1.807) is 24.8 Å². The van der Waals surface area contributed by atoms with Crippen molar-refractivity contribution in [2.75, 3.05) is 0 Å². The highest BCUT2D eigenvalue weighted by molar-refractivity contribution is 7.89. The molecule has 2 aliphatic carbocycles. The van der Waals surface area contributed by atoms with Gasteiger partial charge in [-0.2, -0.15) is 4.98 Å². The molecule has 2 unspecified atom stereocenters. The molecule has 2 fully saturated rings. The molecule has 0 radical (unpaired) electrons. The average Bonchev–Trinajstić information content (AvgIpc) is 3.27. The normalized spacial score (nSPS) is 22.0. The lowest BCUT2D eigenvalue weighted by Crippen LogP contribution is -2.39. The molecule has 0 aliphatic heterocycles. The van der Waals surface area contributed by atoms with Crippen LogP contribution in [0.5, 0.6) is 0 Å². The van der Waals surface area contributed by atoms with Gasteiger partial charge in [0.15, 0.2) is 0 Å². The molecule has 9 nitrogen and oxygen atoms in total. The second-order valence-electron chi connectivity index (χ2n) is 8.45. The molecule has 0 saturated heterocycles. The van der Waals surface area contributed by atoms with Crippen LogP contribution in [0.25, 0.3) is 11.4 Å². The lowest BCUT2D eigenvalue weighted by Gasteiger charge is -2.30. The van der Waals surface area contributed by atoms with E-state index in [9.17, 15) is 8.42 Å². The third kappa shape index (κ3) is 4.27. The van der Waals surface area contributed by atoms with Gasteiger partial charge in [-0.3, -0.25) is 0 Å². The zero-order valence-corrected chi connectivity index (χ0v) is 18.3. The van der Waals surface area contributed by atoms with Crippen molar-refractivity contribution in [3.8, 4) is 11.4 Å². The molecule has 0 amide bonds. The topological polar surface area (TPSA) is 116 Å². The van der Waals surface area contributed by atoms with E-state index in [-0.39, 0.29) is 12.1 Å². The molecule has 0 spiro atoms. The summed E-state index contributed by atoms with van der Waals surface area (Å²) >= 11 is 0. The van der Waals surface area contributed by atoms with Crippen LogP contribution >= 0.6 is 0 Å². The van der Waals surface area contributed by atoms with Crippen LogP contribution in [0.15, 0.2) is 40.3 Å². The van der Waals surface area contributed by atoms with E-state index in [0.29, 0.717) is 28.9 Å². The van der Waals surface area contributed by atoms with Gasteiger partial charge in [-0.25, -0.2) is 13.1 Å². The SMILES string of the molecule is CCc1cc(-c2noc(C3CC3)n2)ccc1S(=O)(=O)NC1CCCC(n2cnnc2)C1. The average molecular weight is 443 g/mol. The van der Waals surface area contributed by atoms with Crippen molar-refractivity contribution in [2.24, 2.45) is 0 Å². The fourth-order valence-electron chi connectivity index (χ4n) is 4.33. The van der Waals surface area contributed by atoms with Gasteiger partial charge in [-0.05, 0) is 68.7 Å². The first-order valence-electron chi connectivity index (χ1n) is 10.9. The van der Waals surface area contributed by atoms with Gasteiger partial charge in [0, 0.05) is 23.6 Å². The second-order valence-corrected chi connectivity index (χ2v) is 10.1. The predicted molar refractivity (Wildman–Crippen MR) is 113 cm³/mol. The summed E-state index contributed by atoms with van der Waals surface area (Å²) in [5.41, 5.74) is 1.52. The Labute approximate surface area is 181 Å². The third-order valence-electron chi connectivity index (χ3n) is 6.18. The van der Waals surface area contributed by atoms with Gasteiger partial charge in [0.25, 0.3) is 0 Å². The van der Waals surface area contributed by atoms with Crippen LogP contribution in [-0.4, -0.2) is 39.4 Å². The largest absolute Gasteiger partial charge is 0.339 e. The number of sulfonamides is 1. The molecule has 2 atom stereocenters. The summed E-state index contributed by atoms with van der Waals surface area (Å²) in [5.74, 6) is 1.57. The van der Waals surface area contributed by atoms with E-state index in [0.717, 1.165) is 49.7 Å². The van der Waals surface area contributed by atoms with E-state index in [2.05, 4.69) is 25.1 Å². The molecular weight excluding hydrogens is 416 g/mol. The molecule has 3 aromatic rings. The Kier molecular flexibility index (Phi) is 5.35. The van der Waals surface area contributed by atoms with Gasteiger partial charge in [-0.1, -0.05) is 12.1 Å². The maximum Gasteiger partial charge on any atom is 0.241 e. The summed E-state index contributed by atoms with van der Waals surface area (Å²) in [6, 6.07) is 5.37. The number of hydrogen-bond donors (Lipinski definition) is 1. The van der Waals surface area contributed by atoms with Gasteiger partial charge >= 0.3 is 0 Å².